The fraction of sp³-hybridized carbons (Fsp3) is 0.250. The smallest absolute Gasteiger partial charge is 0.226 e. The first kappa shape index (κ1) is 14.2. The zero-order valence-corrected chi connectivity index (χ0v) is 11.6. The van der Waals surface area contributed by atoms with E-state index in [1.165, 1.54) is 12.1 Å². The standard InChI is InChI=1S/C16H17FN2O/c1-11(2)16(20)19-15-6-5-14(17)9-13(15)8-12-4-3-7-18-10-12/h3-7,9-11H,8H2,1-2H3,(H,19,20). The minimum atomic E-state index is -0.313. The molecule has 0 unspecified atom stereocenters. The summed E-state index contributed by atoms with van der Waals surface area (Å²) in [5, 5.41) is 2.83. The molecular weight excluding hydrogens is 255 g/mol. The zero-order chi connectivity index (χ0) is 14.5. The number of anilines is 1. The number of nitrogens with one attached hydrogen (secondary N) is 1. The lowest BCUT2D eigenvalue weighted by Gasteiger charge is -2.13. The van der Waals surface area contributed by atoms with Crippen LogP contribution in [0.3, 0.4) is 0 Å². The van der Waals surface area contributed by atoms with Crippen LogP contribution in [0.4, 0.5) is 10.1 Å². The van der Waals surface area contributed by atoms with Gasteiger partial charge < -0.3 is 5.32 Å². The molecule has 0 saturated heterocycles. The number of halogens is 1. The molecule has 2 rings (SSSR count). The third-order valence-electron chi connectivity index (χ3n) is 2.97. The summed E-state index contributed by atoms with van der Waals surface area (Å²) in [5.41, 5.74) is 2.36. The van der Waals surface area contributed by atoms with Crippen LogP contribution in [0.25, 0.3) is 0 Å². The number of pyridine rings is 1. The molecule has 1 heterocycles. The number of amides is 1. The molecule has 2 aromatic rings. The van der Waals surface area contributed by atoms with Crippen molar-refractivity contribution in [1.29, 1.82) is 0 Å². The summed E-state index contributed by atoms with van der Waals surface area (Å²) in [5.74, 6) is -0.512. The van der Waals surface area contributed by atoms with Gasteiger partial charge in [0.1, 0.15) is 5.82 Å². The van der Waals surface area contributed by atoms with Crippen molar-refractivity contribution in [3.05, 3.63) is 59.7 Å². The Balaban J connectivity index is 2.26. The van der Waals surface area contributed by atoms with Gasteiger partial charge in [0.25, 0.3) is 0 Å². The summed E-state index contributed by atoms with van der Waals surface area (Å²) in [6, 6.07) is 8.15. The molecule has 0 saturated carbocycles. The second-order valence-corrected chi connectivity index (χ2v) is 4.98. The van der Waals surface area contributed by atoms with Crippen LogP contribution in [0.15, 0.2) is 42.7 Å². The highest BCUT2D eigenvalue weighted by Gasteiger charge is 2.11. The Hall–Kier alpha value is -2.23. The molecule has 0 spiro atoms. The van der Waals surface area contributed by atoms with E-state index in [1.807, 2.05) is 26.0 Å². The number of nitrogens with zero attached hydrogens (tertiary/aromatic N) is 1. The lowest BCUT2D eigenvalue weighted by molar-refractivity contribution is -0.118. The number of carbonyl (C=O) groups excluding carboxylic acids is 1. The molecule has 0 bridgehead atoms. The van der Waals surface area contributed by atoms with Crippen LogP contribution in [-0.4, -0.2) is 10.9 Å². The van der Waals surface area contributed by atoms with E-state index in [0.29, 0.717) is 12.1 Å². The number of rotatable bonds is 4. The van der Waals surface area contributed by atoms with E-state index in [-0.39, 0.29) is 17.6 Å². The highest BCUT2D eigenvalue weighted by atomic mass is 19.1. The van der Waals surface area contributed by atoms with Gasteiger partial charge in [-0.15, -0.1) is 0 Å². The Labute approximate surface area is 117 Å². The predicted octanol–water partition coefficient (Wildman–Crippen LogP) is 3.41. The molecule has 1 aromatic carbocycles. The highest BCUT2D eigenvalue weighted by Crippen LogP contribution is 2.21. The third-order valence-corrected chi connectivity index (χ3v) is 2.97. The average molecular weight is 272 g/mol. The average Bonchev–Trinajstić information content (AvgIpc) is 2.42. The van der Waals surface area contributed by atoms with Crippen LogP contribution in [-0.2, 0) is 11.2 Å². The Morgan fingerprint density at radius 3 is 2.80 bits per heavy atom. The first-order valence-corrected chi connectivity index (χ1v) is 6.54. The second kappa shape index (κ2) is 6.28. The third kappa shape index (κ3) is 3.63. The molecule has 3 nitrogen and oxygen atoms in total. The van der Waals surface area contributed by atoms with Crippen molar-refractivity contribution in [3.63, 3.8) is 0 Å². The maximum atomic E-state index is 13.4. The van der Waals surface area contributed by atoms with Crippen molar-refractivity contribution >= 4 is 11.6 Å². The number of benzene rings is 1. The van der Waals surface area contributed by atoms with Gasteiger partial charge in [-0.3, -0.25) is 9.78 Å². The molecular formula is C16H17FN2O. The van der Waals surface area contributed by atoms with E-state index >= 15 is 0 Å². The Bertz CT molecular complexity index is 597. The Morgan fingerprint density at radius 2 is 2.15 bits per heavy atom. The zero-order valence-electron chi connectivity index (χ0n) is 11.6. The quantitative estimate of drug-likeness (QED) is 0.926. The number of hydrogen-bond acceptors (Lipinski definition) is 2. The van der Waals surface area contributed by atoms with Gasteiger partial charge in [0.15, 0.2) is 0 Å². The van der Waals surface area contributed by atoms with Crippen LogP contribution in [0, 0.1) is 11.7 Å². The first-order chi connectivity index (χ1) is 9.56. The van der Waals surface area contributed by atoms with E-state index in [0.717, 1.165) is 11.1 Å². The van der Waals surface area contributed by atoms with E-state index < -0.39 is 0 Å². The van der Waals surface area contributed by atoms with Crippen molar-refractivity contribution in [2.45, 2.75) is 20.3 Å². The molecule has 104 valence electrons. The lowest BCUT2D eigenvalue weighted by atomic mass is 10.0. The number of hydrogen-bond donors (Lipinski definition) is 1. The van der Waals surface area contributed by atoms with E-state index in [2.05, 4.69) is 10.3 Å². The van der Waals surface area contributed by atoms with Crippen LogP contribution in [0.5, 0.6) is 0 Å². The SMILES string of the molecule is CC(C)C(=O)Nc1ccc(F)cc1Cc1cccnc1. The molecule has 0 atom stereocenters. The summed E-state index contributed by atoms with van der Waals surface area (Å²) < 4.78 is 13.4. The predicted molar refractivity (Wildman–Crippen MR) is 76.9 cm³/mol. The minimum absolute atomic E-state index is 0.0796. The molecule has 4 heteroatoms. The molecule has 0 radical (unpaired) electrons. The van der Waals surface area contributed by atoms with Crippen LogP contribution < -0.4 is 5.32 Å². The molecule has 0 aliphatic rings. The molecule has 1 aromatic heterocycles. The van der Waals surface area contributed by atoms with Crippen molar-refractivity contribution < 1.29 is 9.18 Å². The summed E-state index contributed by atoms with van der Waals surface area (Å²) in [6.07, 6.45) is 3.95. The fourth-order valence-corrected chi connectivity index (χ4v) is 1.83. The molecule has 20 heavy (non-hydrogen) atoms. The largest absolute Gasteiger partial charge is 0.326 e. The fourth-order valence-electron chi connectivity index (χ4n) is 1.83. The Kier molecular flexibility index (Phi) is 4.45. The maximum Gasteiger partial charge on any atom is 0.226 e. The molecule has 1 amide bonds. The number of aromatic nitrogens is 1. The molecule has 0 aliphatic heterocycles. The minimum Gasteiger partial charge on any atom is -0.326 e. The van der Waals surface area contributed by atoms with Gasteiger partial charge in [-0.2, -0.15) is 0 Å². The maximum absolute atomic E-state index is 13.4. The summed E-state index contributed by atoms with van der Waals surface area (Å²) in [4.78, 5) is 15.8. The number of carbonyl (C=O) groups is 1. The van der Waals surface area contributed by atoms with E-state index in [4.69, 9.17) is 0 Å². The molecule has 1 N–H and O–H groups in total. The first-order valence-electron chi connectivity index (χ1n) is 6.54. The van der Waals surface area contributed by atoms with E-state index in [1.54, 1.807) is 18.5 Å². The van der Waals surface area contributed by atoms with Crippen molar-refractivity contribution in [3.8, 4) is 0 Å². The van der Waals surface area contributed by atoms with Crippen molar-refractivity contribution in [2.24, 2.45) is 5.92 Å². The monoisotopic (exact) mass is 272 g/mol. The normalized spacial score (nSPS) is 10.6. The van der Waals surface area contributed by atoms with E-state index in [9.17, 15) is 9.18 Å². The van der Waals surface area contributed by atoms with Gasteiger partial charge in [0, 0.05) is 30.4 Å². The van der Waals surface area contributed by atoms with Crippen LogP contribution in [0.1, 0.15) is 25.0 Å². The van der Waals surface area contributed by atoms with Crippen molar-refractivity contribution in [2.75, 3.05) is 5.32 Å². The van der Waals surface area contributed by atoms with Gasteiger partial charge >= 0.3 is 0 Å². The van der Waals surface area contributed by atoms with Gasteiger partial charge in [-0.1, -0.05) is 19.9 Å². The van der Waals surface area contributed by atoms with Gasteiger partial charge in [0.05, 0.1) is 0 Å². The van der Waals surface area contributed by atoms with Gasteiger partial charge in [0.2, 0.25) is 5.91 Å². The highest BCUT2D eigenvalue weighted by molar-refractivity contribution is 5.92. The van der Waals surface area contributed by atoms with Crippen molar-refractivity contribution in [1.82, 2.24) is 4.98 Å². The summed E-state index contributed by atoms with van der Waals surface area (Å²) in [6.45, 7) is 3.64. The Morgan fingerprint density at radius 1 is 1.35 bits per heavy atom. The van der Waals surface area contributed by atoms with Gasteiger partial charge in [-0.25, -0.2) is 4.39 Å². The topological polar surface area (TPSA) is 42.0 Å². The molecule has 0 fully saturated rings. The van der Waals surface area contributed by atoms with Crippen LogP contribution in [0.2, 0.25) is 0 Å². The second-order valence-electron chi connectivity index (χ2n) is 4.98. The molecule has 0 aliphatic carbocycles. The van der Waals surface area contributed by atoms with Crippen LogP contribution >= 0.6 is 0 Å². The lowest BCUT2D eigenvalue weighted by Crippen LogP contribution is -2.18. The summed E-state index contributed by atoms with van der Waals surface area (Å²) in [7, 11) is 0. The van der Waals surface area contributed by atoms with Gasteiger partial charge in [-0.05, 0) is 35.4 Å². The summed E-state index contributed by atoms with van der Waals surface area (Å²) >= 11 is 0.